The van der Waals surface area contributed by atoms with E-state index in [2.05, 4.69) is 47.4 Å². The molecular formula is C28H24NOP. The quantitative estimate of drug-likeness (QED) is 0.377. The zero-order valence-corrected chi connectivity index (χ0v) is 18.6. The van der Waals surface area contributed by atoms with Crippen LogP contribution in [0.2, 0.25) is 0 Å². The van der Waals surface area contributed by atoms with E-state index in [0.29, 0.717) is 0 Å². The highest BCUT2D eigenvalue weighted by molar-refractivity contribution is 7.88. The second-order valence-electron chi connectivity index (χ2n) is 7.99. The van der Waals surface area contributed by atoms with Crippen molar-refractivity contribution in [2.45, 2.75) is 0 Å². The van der Waals surface area contributed by atoms with Gasteiger partial charge in [0, 0.05) is 41.3 Å². The Balaban J connectivity index is 1.87. The zero-order chi connectivity index (χ0) is 21.4. The molecule has 1 unspecified atom stereocenters. The van der Waals surface area contributed by atoms with Crippen LogP contribution in [0.4, 0.5) is 5.69 Å². The predicted octanol–water partition coefficient (Wildman–Crippen LogP) is 6.00. The van der Waals surface area contributed by atoms with Gasteiger partial charge in [0.05, 0.1) is 0 Å². The van der Waals surface area contributed by atoms with Crippen LogP contribution in [0.15, 0.2) is 109 Å². The molecule has 0 fully saturated rings. The molecule has 0 bridgehead atoms. The van der Waals surface area contributed by atoms with E-state index in [1.165, 1.54) is 0 Å². The maximum Gasteiger partial charge on any atom is 0.172 e. The summed E-state index contributed by atoms with van der Waals surface area (Å²) < 4.78 is 15.1. The normalized spacial score (nSPS) is 17.5. The van der Waals surface area contributed by atoms with Gasteiger partial charge >= 0.3 is 0 Å². The molecule has 0 amide bonds. The molecule has 1 aliphatic heterocycles. The third-order valence-corrected chi connectivity index (χ3v) is 9.11. The van der Waals surface area contributed by atoms with Crippen molar-refractivity contribution in [3.05, 3.63) is 126 Å². The molecule has 2 nitrogen and oxygen atoms in total. The van der Waals surface area contributed by atoms with Crippen molar-refractivity contribution in [3.8, 4) is 0 Å². The Kier molecular flexibility index (Phi) is 4.88. The summed E-state index contributed by atoms with van der Waals surface area (Å²) >= 11 is 0. The Labute approximate surface area is 183 Å². The van der Waals surface area contributed by atoms with Crippen molar-refractivity contribution < 1.29 is 4.57 Å². The van der Waals surface area contributed by atoms with Gasteiger partial charge in [-0.2, -0.15) is 0 Å². The molecule has 31 heavy (non-hydrogen) atoms. The molecule has 0 saturated heterocycles. The second kappa shape index (κ2) is 7.72. The lowest BCUT2D eigenvalue weighted by atomic mass is 9.95. The highest BCUT2D eigenvalue weighted by atomic mass is 31.2. The molecule has 0 spiro atoms. The van der Waals surface area contributed by atoms with E-state index in [1.54, 1.807) is 0 Å². The van der Waals surface area contributed by atoms with Gasteiger partial charge in [-0.3, -0.25) is 0 Å². The van der Waals surface area contributed by atoms with Gasteiger partial charge in [0.15, 0.2) is 7.14 Å². The number of fused-ring (bicyclic) bond motifs is 1. The number of hydrogen-bond acceptors (Lipinski definition) is 2. The summed E-state index contributed by atoms with van der Waals surface area (Å²) in [5.41, 5.74) is 5.37. The van der Waals surface area contributed by atoms with Crippen molar-refractivity contribution in [3.63, 3.8) is 0 Å². The minimum Gasteiger partial charge on any atom is -0.378 e. The van der Waals surface area contributed by atoms with Crippen molar-refractivity contribution in [2.24, 2.45) is 0 Å². The van der Waals surface area contributed by atoms with Crippen molar-refractivity contribution in [2.75, 3.05) is 19.0 Å². The van der Waals surface area contributed by atoms with E-state index in [9.17, 15) is 0 Å². The van der Waals surface area contributed by atoms with Crippen LogP contribution in [-0.2, 0) is 4.57 Å². The third kappa shape index (κ3) is 3.15. The van der Waals surface area contributed by atoms with Crippen LogP contribution < -0.4 is 15.5 Å². The van der Waals surface area contributed by atoms with Crippen LogP contribution in [0.1, 0.15) is 16.7 Å². The van der Waals surface area contributed by atoms with Crippen LogP contribution in [0, 0.1) is 0 Å². The van der Waals surface area contributed by atoms with E-state index in [0.717, 1.165) is 43.9 Å². The van der Waals surface area contributed by atoms with Gasteiger partial charge in [0.2, 0.25) is 0 Å². The number of nitrogens with zero attached hydrogens (tertiary/aromatic N) is 1. The third-order valence-electron chi connectivity index (χ3n) is 5.90. The summed E-state index contributed by atoms with van der Waals surface area (Å²) in [7, 11) is 1.05. The summed E-state index contributed by atoms with van der Waals surface area (Å²) in [6, 6.07) is 36.8. The molecular weight excluding hydrogens is 397 g/mol. The highest BCUT2D eigenvalue weighted by Gasteiger charge is 2.43. The number of hydrogen-bond donors (Lipinski definition) is 0. The van der Waals surface area contributed by atoms with Gasteiger partial charge in [0.1, 0.15) is 0 Å². The molecule has 4 aromatic rings. The predicted molar refractivity (Wildman–Crippen MR) is 133 cm³/mol. The average Bonchev–Trinajstić information content (AvgIpc) is 3.10. The molecule has 152 valence electrons. The minimum absolute atomic E-state index is 0.876. The fourth-order valence-corrected chi connectivity index (χ4v) is 7.68. The average molecular weight is 421 g/mol. The summed E-state index contributed by atoms with van der Waals surface area (Å²) in [6.45, 7) is 0. The van der Waals surface area contributed by atoms with Gasteiger partial charge in [-0.15, -0.1) is 0 Å². The van der Waals surface area contributed by atoms with Crippen molar-refractivity contribution >= 4 is 34.3 Å². The van der Waals surface area contributed by atoms with Crippen LogP contribution in [0.5, 0.6) is 0 Å². The lowest BCUT2D eigenvalue weighted by Gasteiger charge is -2.19. The standard InChI is InChI=1S/C28H24NOP/c1-29(2)23-19-17-21(18-20-23)27-25-15-9-10-16-26(25)31(30,24-13-7-4-8-14-24)28(27)22-11-5-3-6-12-22/h3-20H,1-2H3. The van der Waals surface area contributed by atoms with Crippen LogP contribution in [0.25, 0.3) is 10.9 Å². The Morgan fingerprint density at radius 3 is 1.84 bits per heavy atom. The summed E-state index contributed by atoms with van der Waals surface area (Å²) in [5.74, 6) is 0. The zero-order valence-electron chi connectivity index (χ0n) is 17.7. The summed E-state index contributed by atoms with van der Waals surface area (Å²) in [4.78, 5) is 2.09. The molecule has 1 aliphatic rings. The molecule has 4 aromatic carbocycles. The Bertz CT molecular complexity index is 1310. The van der Waals surface area contributed by atoms with Crippen LogP contribution >= 0.6 is 7.14 Å². The molecule has 0 aromatic heterocycles. The lowest BCUT2D eigenvalue weighted by molar-refractivity contribution is 0.593. The van der Waals surface area contributed by atoms with Crippen molar-refractivity contribution in [1.82, 2.24) is 0 Å². The summed E-state index contributed by atoms with van der Waals surface area (Å²) in [5, 5.41) is 2.73. The molecule has 5 rings (SSSR count). The SMILES string of the molecule is CN(C)c1ccc(C2=C(c3ccccc3)P(=O)(c3ccccc3)c3ccccc32)cc1. The molecule has 0 N–H and O–H groups in total. The van der Waals surface area contributed by atoms with E-state index >= 15 is 4.57 Å². The van der Waals surface area contributed by atoms with Gasteiger partial charge in [-0.25, -0.2) is 0 Å². The Hall–Kier alpha value is -3.35. The fourth-order valence-electron chi connectivity index (χ4n) is 4.41. The van der Waals surface area contributed by atoms with Crippen molar-refractivity contribution in [1.29, 1.82) is 0 Å². The van der Waals surface area contributed by atoms with Crippen LogP contribution in [-0.4, -0.2) is 14.1 Å². The first-order chi connectivity index (χ1) is 15.1. The van der Waals surface area contributed by atoms with E-state index in [-0.39, 0.29) is 0 Å². The first kappa shape index (κ1) is 19.6. The number of rotatable bonds is 4. The maximum absolute atomic E-state index is 15.1. The van der Waals surface area contributed by atoms with E-state index in [4.69, 9.17) is 0 Å². The Morgan fingerprint density at radius 2 is 1.19 bits per heavy atom. The molecule has 1 heterocycles. The molecule has 1 atom stereocenters. The monoisotopic (exact) mass is 421 g/mol. The number of benzene rings is 4. The topological polar surface area (TPSA) is 20.3 Å². The fraction of sp³-hybridized carbons (Fsp3) is 0.0714. The smallest absolute Gasteiger partial charge is 0.172 e. The maximum atomic E-state index is 15.1. The lowest BCUT2D eigenvalue weighted by Crippen LogP contribution is -2.15. The first-order valence-corrected chi connectivity index (χ1v) is 12.1. The van der Waals surface area contributed by atoms with Gasteiger partial charge < -0.3 is 9.46 Å². The van der Waals surface area contributed by atoms with Gasteiger partial charge in [-0.1, -0.05) is 97.1 Å². The largest absolute Gasteiger partial charge is 0.378 e. The molecule has 0 aliphatic carbocycles. The minimum atomic E-state index is -3.03. The summed E-state index contributed by atoms with van der Waals surface area (Å²) in [6.07, 6.45) is 0. The molecule has 0 saturated carbocycles. The van der Waals surface area contributed by atoms with E-state index in [1.807, 2.05) is 80.8 Å². The first-order valence-electron chi connectivity index (χ1n) is 10.4. The Morgan fingerprint density at radius 1 is 0.613 bits per heavy atom. The van der Waals surface area contributed by atoms with Gasteiger partial charge in [-0.05, 0) is 28.8 Å². The number of anilines is 1. The highest BCUT2D eigenvalue weighted by Crippen LogP contribution is 2.65. The molecule has 3 heteroatoms. The van der Waals surface area contributed by atoms with E-state index < -0.39 is 7.14 Å². The van der Waals surface area contributed by atoms with Crippen LogP contribution in [0.3, 0.4) is 0 Å². The second-order valence-corrected chi connectivity index (χ2v) is 10.7. The molecule has 0 radical (unpaired) electrons. The van der Waals surface area contributed by atoms with Gasteiger partial charge in [0.25, 0.3) is 0 Å².